The normalized spacial score (nSPS) is 26.9. The van der Waals surface area contributed by atoms with E-state index in [-0.39, 0.29) is 33.4 Å². The van der Waals surface area contributed by atoms with E-state index in [9.17, 15) is 40.5 Å². The number of aliphatic hydroxyl groups excluding tert-OH is 4. The summed E-state index contributed by atoms with van der Waals surface area (Å²) in [7, 11) is 0. The van der Waals surface area contributed by atoms with Crippen molar-refractivity contribution in [2.45, 2.75) is 30.7 Å². The zero-order valence-corrected chi connectivity index (χ0v) is 15.2. The number of hydrogen-bond acceptors (Lipinski definition) is 11. The summed E-state index contributed by atoms with van der Waals surface area (Å²) in [6.45, 7) is -0.675. The number of phenolic OH excluding ortho intramolecular Hbond substituents is 3. The van der Waals surface area contributed by atoms with Crippen LogP contribution in [0.2, 0.25) is 0 Å². The largest absolute Gasteiger partial charge is 0.508 e. The van der Waals surface area contributed by atoms with Crippen molar-refractivity contribution in [2.24, 2.45) is 0 Å². The number of phenols is 3. The maximum atomic E-state index is 13.0. The number of aliphatic hydroxyl groups is 4. The molecule has 7 N–H and O–H groups in total. The van der Waals surface area contributed by atoms with E-state index in [4.69, 9.17) is 13.9 Å². The van der Waals surface area contributed by atoms with Gasteiger partial charge >= 0.3 is 0 Å². The van der Waals surface area contributed by atoms with Crippen LogP contribution in [0.1, 0.15) is 0 Å². The molecule has 5 atom stereocenters. The second-order valence-corrected chi connectivity index (χ2v) is 6.87. The van der Waals surface area contributed by atoms with Gasteiger partial charge in [-0.1, -0.05) is 0 Å². The smallest absolute Gasteiger partial charge is 0.229 e. The zero-order valence-electron chi connectivity index (χ0n) is 15.2. The van der Waals surface area contributed by atoms with E-state index in [1.807, 2.05) is 0 Å². The lowest BCUT2D eigenvalue weighted by atomic mass is 9.99. The van der Waals surface area contributed by atoms with Crippen molar-refractivity contribution in [3.05, 3.63) is 34.5 Å². The van der Waals surface area contributed by atoms with Crippen LogP contribution >= 0.6 is 0 Å². The van der Waals surface area contributed by atoms with Crippen molar-refractivity contribution in [3.8, 4) is 23.0 Å². The molecule has 1 aromatic heterocycles. The Bertz CT molecular complexity index is 1170. The van der Waals surface area contributed by atoms with E-state index < -0.39 is 54.2 Å². The van der Waals surface area contributed by atoms with E-state index in [0.717, 1.165) is 18.2 Å². The highest BCUT2D eigenvalue weighted by molar-refractivity contribution is 5.98. The molecule has 160 valence electrons. The van der Waals surface area contributed by atoms with Crippen molar-refractivity contribution in [3.63, 3.8) is 0 Å². The molecule has 3 aromatic rings. The molecule has 1 saturated heterocycles. The summed E-state index contributed by atoms with van der Waals surface area (Å²) >= 11 is 0. The third-order valence-electron chi connectivity index (χ3n) is 4.92. The SMILES string of the molecule is O=c1c2c(O)cc(O)cc2oc2c(O)ccc(O[C@H]3O[C@@H](CO)[C@H](O)[C@H](O)[C@@H]3O)c12. The van der Waals surface area contributed by atoms with Gasteiger partial charge in [0.15, 0.2) is 11.3 Å². The van der Waals surface area contributed by atoms with Crippen molar-refractivity contribution in [1.82, 2.24) is 0 Å². The second kappa shape index (κ2) is 7.31. The number of hydrogen-bond donors (Lipinski definition) is 7. The third kappa shape index (κ3) is 3.09. The molecule has 0 aliphatic carbocycles. The van der Waals surface area contributed by atoms with Gasteiger partial charge in [0.05, 0.1) is 6.61 Å². The monoisotopic (exact) mass is 422 g/mol. The van der Waals surface area contributed by atoms with Crippen LogP contribution < -0.4 is 10.2 Å². The molecule has 4 rings (SSSR count). The third-order valence-corrected chi connectivity index (χ3v) is 4.92. The summed E-state index contributed by atoms with van der Waals surface area (Å²) < 4.78 is 16.3. The molecule has 0 saturated carbocycles. The molecule has 11 heteroatoms. The van der Waals surface area contributed by atoms with Crippen molar-refractivity contribution in [1.29, 1.82) is 0 Å². The van der Waals surface area contributed by atoms with Gasteiger partial charge in [-0.25, -0.2) is 0 Å². The van der Waals surface area contributed by atoms with E-state index in [1.165, 1.54) is 6.07 Å². The molecule has 30 heavy (non-hydrogen) atoms. The van der Waals surface area contributed by atoms with Crippen LogP contribution in [-0.2, 0) is 4.74 Å². The Kier molecular flexibility index (Phi) is 4.92. The fourth-order valence-corrected chi connectivity index (χ4v) is 3.39. The average Bonchev–Trinajstić information content (AvgIpc) is 2.69. The molecule has 0 bridgehead atoms. The fourth-order valence-electron chi connectivity index (χ4n) is 3.39. The Balaban J connectivity index is 1.87. The summed E-state index contributed by atoms with van der Waals surface area (Å²) in [4.78, 5) is 13.0. The maximum Gasteiger partial charge on any atom is 0.229 e. The molecule has 11 nitrogen and oxygen atoms in total. The molecule has 2 aromatic carbocycles. The van der Waals surface area contributed by atoms with Gasteiger partial charge in [-0.2, -0.15) is 0 Å². The minimum Gasteiger partial charge on any atom is -0.508 e. The Morgan fingerprint density at radius 1 is 0.933 bits per heavy atom. The van der Waals surface area contributed by atoms with Gasteiger partial charge < -0.3 is 49.6 Å². The molecule has 1 fully saturated rings. The Labute approximate surface area is 167 Å². The number of fused-ring (bicyclic) bond motifs is 2. The van der Waals surface area contributed by atoms with E-state index in [1.54, 1.807) is 0 Å². The summed E-state index contributed by atoms with van der Waals surface area (Å²) in [6.07, 6.45) is -7.85. The first-order valence-electron chi connectivity index (χ1n) is 8.84. The predicted octanol–water partition coefficient (Wildman–Crippen LogP) is -0.758. The fraction of sp³-hybridized carbons (Fsp3) is 0.316. The standard InChI is InChI=1S/C19H18O11/c20-5-11-14(24)16(26)17(27)19(30-11)29-9-2-1-7(22)18-13(9)15(25)12-8(23)3-6(21)4-10(12)28-18/h1-4,11,14,16-17,19-24,26-27H,5H2/t11-,14-,16-,17-,19-/m0/s1. The van der Waals surface area contributed by atoms with Crippen LogP contribution in [-0.4, -0.2) is 73.1 Å². The Hall–Kier alpha value is -3.09. The van der Waals surface area contributed by atoms with Gasteiger partial charge in [-0.3, -0.25) is 4.79 Å². The molecule has 2 heterocycles. The van der Waals surface area contributed by atoms with E-state index in [0.29, 0.717) is 0 Å². The highest BCUT2D eigenvalue weighted by Gasteiger charge is 2.45. The number of rotatable bonds is 3. The van der Waals surface area contributed by atoms with Gasteiger partial charge in [-0.05, 0) is 12.1 Å². The highest BCUT2D eigenvalue weighted by Crippen LogP contribution is 2.37. The van der Waals surface area contributed by atoms with Crippen LogP contribution in [0.25, 0.3) is 21.9 Å². The van der Waals surface area contributed by atoms with Crippen molar-refractivity contribution >= 4 is 21.9 Å². The lowest BCUT2D eigenvalue weighted by Crippen LogP contribution is -2.60. The first kappa shape index (κ1) is 20.2. The zero-order chi connectivity index (χ0) is 21.7. The first-order chi connectivity index (χ1) is 14.2. The van der Waals surface area contributed by atoms with Gasteiger partial charge in [0.1, 0.15) is 58.0 Å². The van der Waals surface area contributed by atoms with E-state index >= 15 is 0 Å². The summed E-state index contributed by atoms with van der Waals surface area (Å²) in [5, 5.41) is 68.5. The minimum atomic E-state index is -1.73. The number of aromatic hydroxyl groups is 3. The second-order valence-electron chi connectivity index (χ2n) is 6.87. The molecular weight excluding hydrogens is 404 g/mol. The number of benzene rings is 2. The molecule has 0 spiro atoms. The van der Waals surface area contributed by atoms with Crippen LogP contribution in [0, 0.1) is 0 Å². The highest BCUT2D eigenvalue weighted by atomic mass is 16.7. The van der Waals surface area contributed by atoms with Crippen LogP contribution in [0.5, 0.6) is 23.0 Å². The first-order valence-corrected chi connectivity index (χ1v) is 8.84. The van der Waals surface area contributed by atoms with Gasteiger partial charge in [-0.15, -0.1) is 0 Å². The predicted molar refractivity (Wildman–Crippen MR) is 99.4 cm³/mol. The molecule has 1 aliphatic heterocycles. The van der Waals surface area contributed by atoms with Crippen LogP contribution in [0.15, 0.2) is 33.5 Å². The van der Waals surface area contributed by atoms with Gasteiger partial charge in [0.2, 0.25) is 11.7 Å². The summed E-state index contributed by atoms with van der Waals surface area (Å²) in [5.41, 5.74) is -1.32. The quantitative estimate of drug-likeness (QED) is 0.263. The van der Waals surface area contributed by atoms with Crippen molar-refractivity contribution in [2.75, 3.05) is 6.61 Å². The number of ether oxygens (including phenoxy) is 2. The average molecular weight is 422 g/mol. The van der Waals surface area contributed by atoms with Crippen LogP contribution in [0.3, 0.4) is 0 Å². The Morgan fingerprint density at radius 2 is 1.67 bits per heavy atom. The molecule has 0 unspecified atom stereocenters. The lowest BCUT2D eigenvalue weighted by molar-refractivity contribution is -0.277. The van der Waals surface area contributed by atoms with Gasteiger partial charge in [0.25, 0.3) is 0 Å². The summed E-state index contributed by atoms with van der Waals surface area (Å²) in [6, 6.07) is 4.34. The minimum absolute atomic E-state index is 0.190. The molecule has 1 aliphatic rings. The van der Waals surface area contributed by atoms with Crippen LogP contribution in [0.4, 0.5) is 0 Å². The topological polar surface area (TPSA) is 190 Å². The van der Waals surface area contributed by atoms with Crippen molar-refractivity contribution < 1.29 is 49.6 Å². The Morgan fingerprint density at radius 3 is 2.37 bits per heavy atom. The molecule has 0 radical (unpaired) electrons. The molecule has 0 amide bonds. The van der Waals surface area contributed by atoms with E-state index in [2.05, 4.69) is 0 Å². The molecular formula is C19H18O11. The summed E-state index contributed by atoms with van der Waals surface area (Å²) in [5.74, 6) is -1.60. The maximum absolute atomic E-state index is 13.0. The lowest BCUT2D eigenvalue weighted by Gasteiger charge is -2.39. The van der Waals surface area contributed by atoms with Gasteiger partial charge in [0, 0.05) is 12.1 Å².